The van der Waals surface area contributed by atoms with Crippen LogP contribution in [0, 0.1) is 0 Å². The monoisotopic (exact) mass is 508 g/mol. The van der Waals surface area contributed by atoms with Gasteiger partial charge in [0, 0.05) is 34.1 Å². The molecule has 0 aliphatic heterocycles. The van der Waals surface area contributed by atoms with Crippen LogP contribution in [0.3, 0.4) is 0 Å². The lowest BCUT2D eigenvalue weighted by Gasteiger charge is -2.17. The first-order chi connectivity index (χ1) is 19.8. The van der Waals surface area contributed by atoms with Crippen LogP contribution in [0.5, 0.6) is 0 Å². The van der Waals surface area contributed by atoms with Gasteiger partial charge in [0.25, 0.3) is 0 Å². The molecule has 0 unspecified atom stereocenters. The normalized spacial score (nSPS) is 11.5. The van der Waals surface area contributed by atoms with Crippen LogP contribution < -0.4 is 0 Å². The minimum Gasteiger partial charge on any atom is -0.264 e. The Kier molecular flexibility index (Phi) is 5.17. The standard InChI is InChI=1S/C38H24N2/c1-2-9-27(10-3-1)38-37-32-21-20-28(25-16-18-26(19-17-25)29-11-8-22-39-24-29)23-34(32)30-12-4-5-13-31(30)36(37)33-14-6-7-15-35(33)40-38/h1-24H. The van der Waals surface area contributed by atoms with Crippen LogP contribution in [0.4, 0.5) is 0 Å². The first-order valence-corrected chi connectivity index (χ1v) is 13.6. The van der Waals surface area contributed by atoms with Crippen molar-refractivity contribution in [1.29, 1.82) is 0 Å². The number of benzene rings is 6. The lowest BCUT2D eigenvalue weighted by Crippen LogP contribution is -1.93. The summed E-state index contributed by atoms with van der Waals surface area (Å²) in [5.74, 6) is 0. The topological polar surface area (TPSA) is 25.8 Å². The third kappa shape index (κ3) is 3.58. The molecule has 0 N–H and O–H groups in total. The number of fused-ring (bicyclic) bond motifs is 8. The van der Waals surface area contributed by atoms with Gasteiger partial charge in [-0.2, -0.15) is 0 Å². The molecular formula is C38H24N2. The zero-order valence-corrected chi connectivity index (χ0v) is 21.8. The minimum absolute atomic E-state index is 1.02. The molecule has 0 radical (unpaired) electrons. The SMILES string of the molecule is c1ccc(-c2nc3ccccc3c3c4ccccc4c4cc(-c5ccc(-c6cccnc6)cc5)ccc4c23)cc1. The van der Waals surface area contributed by atoms with Gasteiger partial charge in [-0.3, -0.25) is 4.98 Å². The van der Waals surface area contributed by atoms with Crippen LogP contribution in [-0.4, -0.2) is 9.97 Å². The molecule has 0 atom stereocenters. The number of pyridine rings is 2. The summed E-state index contributed by atoms with van der Waals surface area (Å²) >= 11 is 0. The molecule has 2 heteroatoms. The van der Waals surface area contributed by atoms with Gasteiger partial charge in [-0.15, -0.1) is 0 Å². The van der Waals surface area contributed by atoms with Gasteiger partial charge in [0.15, 0.2) is 0 Å². The summed E-state index contributed by atoms with van der Waals surface area (Å²) in [5.41, 5.74) is 7.85. The van der Waals surface area contributed by atoms with Gasteiger partial charge >= 0.3 is 0 Å². The van der Waals surface area contributed by atoms with E-state index >= 15 is 0 Å². The summed E-state index contributed by atoms with van der Waals surface area (Å²) in [6, 6.07) is 47.6. The van der Waals surface area contributed by atoms with Crippen LogP contribution in [0.25, 0.3) is 76.7 Å². The molecule has 40 heavy (non-hydrogen) atoms. The van der Waals surface area contributed by atoms with E-state index in [1.165, 1.54) is 54.4 Å². The van der Waals surface area contributed by atoms with E-state index in [1.807, 2.05) is 18.5 Å². The van der Waals surface area contributed by atoms with E-state index in [9.17, 15) is 0 Å². The van der Waals surface area contributed by atoms with E-state index in [0.29, 0.717) is 0 Å². The third-order valence-electron chi connectivity index (χ3n) is 7.93. The maximum Gasteiger partial charge on any atom is 0.0794 e. The van der Waals surface area contributed by atoms with Crippen LogP contribution in [0.1, 0.15) is 0 Å². The molecule has 0 fully saturated rings. The molecule has 8 rings (SSSR count). The van der Waals surface area contributed by atoms with Gasteiger partial charge in [-0.05, 0) is 62.0 Å². The number of rotatable bonds is 3. The van der Waals surface area contributed by atoms with Crippen molar-refractivity contribution in [3.05, 3.63) is 146 Å². The third-order valence-corrected chi connectivity index (χ3v) is 7.93. The number of hydrogen-bond donors (Lipinski definition) is 0. The molecule has 8 aromatic rings. The maximum atomic E-state index is 5.24. The van der Waals surface area contributed by atoms with Crippen molar-refractivity contribution in [3.8, 4) is 33.5 Å². The highest BCUT2D eigenvalue weighted by molar-refractivity contribution is 6.33. The highest BCUT2D eigenvalue weighted by Crippen LogP contribution is 2.43. The molecule has 0 aliphatic carbocycles. The Morgan fingerprint density at radius 3 is 1.77 bits per heavy atom. The Morgan fingerprint density at radius 1 is 0.375 bits per heavy atom. The number of para-hydroxylation sites is 1. The molecule has 186 valence electrons. The Labute approximate surface area is 232 Å². The Morgan fingerprint density at radius 2 is 1.00 bits per heavy atom. The van der Waals surface area contributed by atoms with Crippen molar-refractivity contribution in [2.75, 3.05) is 0 Å². The fourth-order valence-corrected chi connectivity index (χ4v) is 6.05. The lowest BCUT2D eigenvalue weighted by molar-refractivity contribution is 1.33. The van der Waals surface area contributed by atoms with Crippen molar-refractivity contribution < 1.29 is 0 Å². The van der Waals surface area contributed by atoms with Crippen molar-refractivity contribution in [3.63, 3.8) is 0 Å². The first kappa shape index (κ1) is 22.6. The van der Waals surface area contributed by atoms with Gasteiger partial charge in [-0.25, -0.2) is 4.98 Å². The van der Waals surface area contributed by atoms with E-state index in [0.717, 1.165) is 22.3 Å². The largest absolute Gasteiger partial charge is 0.264 e. The molecule has 0 spiro atoms. The summed E-state index contributed by atoms with van der Waals surface area (Å²) < 4.78 is 0. The summed E-state index contributed by atoms with van der Waals surface area (Å²) in [6.07, 6.45) is 3.72. The first-order valence-electron chi connectivity index (χ1n) is 13.6. The lowest BCUT2D eigenvalue weighted by atomic mass is 9.88. The molecule has 0 saturated carbocycles. The number of nitrogens with zero attached hydrogens (tertiary/aromatic N) is 2. The second-order valence-electron chi connectivity index (χ2n) is 10.2. The van der Waals surface area contributed by atoms with Gasteiger partial charge in [0.05, 0.1) is 11.2 Å². The molecule has 2 heterocycles. The zero-order chi connectivity index (χ0) is 26.5. The molecule has 0 aliphatic rings. The zero-order valence-electron chi connectivity index (χ0n) is 21.8. The summed E-state index contributed by atoms with van der Waals surface area (Å²) in [6.45, 7) is 0. The van der Waals surface area contributed by atoms with E-state index < -0.39 is 0 Å². The second-order valence-corrected chi connectivity index (χ2v) is 10.2. The highest BCUT2D eigenvalue weighted by atomic mass is 14.7. The van der Waals surface area contributed by atoms with Crippen molar-refractivity contribution in [1.82, 2.24) is 9.97 Å². The molecular weight excluding hydrogens is 484 g/mol. The maximum absolute atomic E-state index is 5.24. The van der Waals surface area contributed by atoms with Gasteiger partial charge in [-0.1, -0.05) is 115 Å². The van der Waals surface area contributed by atoms with Crippen LogP contribution >= 0.6 is 0 Å². The van der Waals surface area contributed by atoms with Crippen molar-refractivity contribution >= 4 is 43.2 Å². The summed E-state index contributed by atoms with van der Waals surface area (Å²) in [4.78, 5) is 9.52. The average Bonchev–Trinajstić information content (AvgIpc) is 3.05. The molecule has 6 aromatic carbocycles. The predicted octanol–water partition coefficient (Wildman–Crippen LogP) is 10.1. The van der Waals surface area contributed by atoms with E-state index in [4.69, 9.17) is 4.98 Å². The van der Waals surface area contributed by atoms with Crippen LogP contribution in [0.2, 0.25) is 0 Å². The molecule has 0 amide bonds. The summed E-state index contributed by atoms with van der Waals surface area (Å²) in [5, 5.41) is 8.63. The van der Waals surface area contributed by atoms with Crippen LogP contribution in [-0.2, 0) is 0 Å². The molecule has 0 saturated heterocycles. The van der Waals surface area contributed by atoms with Crippen LogP contribution in [0.15, 0.2) is 146 Å². The minimum atomic E-state index is 1.02. The number of aromatic nitrogens is 2. The van der Waals surface area contributed by atoms with E-state index in [1.54, 1.807) is 0 Å². The Bertz CT molecular complexity index is 2180. The summed E-state index contributed by atoms with van der Waals surface area (Å²) in [7, 11) is 0. The van der Waals surface area contributed by atoms with Gasteiger partial charge in [0.1, 0.15) is 0 Å². The smallest absolute Gasteiger partial charge is 0.0794 e. The second kappa shape index (κ2) is 9.14. The molecule has 0 bridgehead atoms. The van der Waals surface area contributed by atoms with Gasteiger partial charge < -0.3 is 0 Å². The highest BCUT2D eigenvalue weighted by Gasteiger charge is 2.17. The number of hydrogen-bond acceptors (Lipinski definition) is 2. The van der Waals surface area contributed by atoms with Crippen molar-refractivity contribution in [2.24, 2.45) is 0 Å². The van der Waals surface area contributed by atoms with Crippen molar-refractivity contribution in [2.45, 2.75) is 0 Å². The Balaban J connectivity index is 1.44. The Hall–Kier alpha value is -5.34. The quantitative estimate of drug-likeness (QED) is 0.222. The average molecular weight is 509 g/mol. The van der Waals surface area contributed by atoms with E-state index in [2.05, 4.69) is 132 Å². The molecule has 2 aromatic heterocycles. The molecule has 2 nitrogen and oxygen atoms in total. The predicted molar refractivity (Wildman–Crippen MR) is 168 cm³/mol. The fraction of sp³-hybridized carbons (Fsp3) is 0. The van der Waals surface area contributed by atoms with E-state index in [-0.39, 0.29) is 0 Å². The van der Waals surface area contributed by atoms with Gasteiger partial charge in [0.2, 0.25) is 0 Å². The fourth-order valence-electron chi connectivity index (χ4n) is 6.05.